The monoisotopic (exact) mass is 284 g/mol. The molecule has 0 radical (unpaired) electrons. The lowest BCUT2D eigenvalue weighted by Gasteiger charge is -2.08. The van der Waals surface area contributed by atoms with Crippen molar-refractivity contribution in [3.63, 3.8) is 0 Å². The van der Waals surface area contributed by atoms with Crippen LogP contribution in [-0.4, -0.2) is 16.3 Å². The minimum absolute atomic E-state index is 0.0647. The summed E-state index contributed by atoms with van der Waals surface area (Å²) in [6, 6.07) is 9.82. The number of Topliss-reactive ketones (excluding diaryl/α,β-unsaturated/α-hetero) is 1. The van der Waals surface area contributed by atoms with Gasteiger partial charge in [0.2, 0.25) is 5.91 Å². The Morgan fingerprint density at radius 1 is 1.19 bits per heavy atom. The first-order valence-electron chi connectivity index (χ1n) is 6.53. The summed E-state index contributed by atoms with van der Waals surface area (Å²) in [7, 11) is 0. The number of amides is 1. The molecule has 0 atom stereocenters. The van der Waals surface area contributed by atoms with Crippen LogP contribution in [0.1, 0.15) is 22.8 Å². The van der Waals surface area contributed by atoms with Crippen LogP contribution >= 0.6 is 0 Å². The molecule has 108 valence electrons. The highest BCUT2D eigenvalue weighted by Crippen LogP contribution is 2.11. The molecule has 0 unspecified atom stereocenters. The molecule has 0 aliphatic carbocycles. The SMILES string of the molecule is CC(=O)c1cccc(NC(=O)Cn2cc(C)ccc2=O)c1. The first kappa shape index (κ1) is 14.7. The van der Waals surface area contributed by atoms with Gasteiger partial charge in [-0.15, -0.1) is 0 Å². The van der Waals surface area contributed by atoms with Crippen LogP contribution in [-0.2, 0) is 11.3 Å². The minimum atomic E-state index is -0.316. The normalized spacial score (nSPS) is 10.2. The molecule has 2 rings (SSSR count). The third-order valence-corrected chi connectivity index (χ3v) is 3.00. The topological polar surface area (TPSA) is 68.2 Å². The molecule has 0 saturated carbocycles. The zero-order valence-electron chi connectivity index (χ0n) is 11.9. The Labute approximate surface area is 122 Å². The maximum Gasteiger partial charge on any atom is 0.251 e. The fourth-order valence-electron chi connectivity index (χ4n) is 1.95. The first-order valence-corrected chi connectivity index (χ1v) is 6.53. The van der Waals surface area contributed by atoms with Crippen LogP contribution in [0.5, 0.6) is 0 Å². The number of pyridine rings is 1. The number of hydrogen-bond donors (Lipinski definition) is 1. The highest BCUT2D eigenvalue weighted by molar-refractivity contribution is 5.97. The van der Waals surface area contributed by atoms with Crippen LogP contribution in [0.3, 0.4) is 0 Å². The Balaban J connectivity index is 2.11. The molecular weight excluding hydrogens is 268 g/mol. The van der Waals surface area contributed by atoms with Crippen LogP contribution in [0.15, 0.2) is 47.4 Å². The van der Waals surface area contributed by atoms with Gasteiger partial charge < -0.3 is 9.88 Å². The molecule has 0 aliphatic heterocycles. The predicted octanol–water partition coefficient (Wildman–Crippen LogP) is 2.00. The predicted molar refractivity (Wildman–Crippen MR) is 80.5 cm³/mol. The van der Waals surface area contributed by atoms with Crippen molar-refractivity contribution in [3.05, 3.63) is 64.1 Å². The zero-order chi connectivity index (χ0) is 15.4. The van der Waals surface area contributed by atoms with E-state index in [0.717, 1.165) is 5.56 Å². The lowest BCUT2D eigenvalue weighted by Crippen LogP contribution is -2.26. The summed E-state index contributed by atoms with van der Waals surface area (Å²) in [6.07, 6.45) is 1.63. The van der Waals surface area contributed by atoms with E-state index in [4.69, 9.17) is 0 Å². The van der Waals surface area contributed by atoms with Gasteiger partial charge in [-0.1, -0.05) is 18.2 Å². The Morgan fingerprint density at radius 3 is 2.67 bits per heavy atom. The van der Waals surface area contributed by atoms with Gasteiger partial charge in [0.25, 0.3) is 5.56 Å². The van der Waals surface area contributed by atoms with E-state index in [1.807, 2.05) is 6.92 Å². The van der Waals surface area contributed by atoms with E-state index in [9.17, 15) is 14.4 Å². The van der Waals surface area contributed by atoms with Gasteiger partial charge in [0.1, 0.15) is 6.54 Å². The van der Waals surface area contributed by atoms with Gasteiger partial charge in [-0.25, -0.2) is 0 Å². The zero-order valence-corrected chi connectivity index (χ0v) is 11.9. The van der Waals surface area contributed by atoms with Gasteiger partial charge in [-0.3, -0.25) is 14.4 Å². The summed E-state index contributed by atoms with van der Waals surface area (Å²) in [5.74, 6) is -0.385. The quantitative estimate of drug-likeness (QED) is 0.873. The van der Waals surface area contributed by atoms with Crippen LogP contribution in [0.2, 0.25) is 0 Å². The van der Waals surface area contributed by atoms with Crippen molar-refractivity contribution in [2.75, 3.05) is 5.32 Å². The fraction of sp³-hybridized carbons (Fsp3) is 0.188. The molecule has 0 spiro atoms. The van der Waals surface area contributed by atoms with Gasteiger partial charge in [-0.05, 0) is 31.5 Å². The van der Waals surface area contributed by atoms with Gasteiger partial charge in [0.05, 0.1) is 0 Å². The number of aryl methyl sites for hydroxylation is 1. The summed E-state index contributed by atoms with van der Waals surface area (Å²) in [5, 5.41) is 2.68. The van der Waals surface area contributed by atoms with E-state index in [1.54, 1.807) is 36.5 Å². The fourth-order valence-corrected chi connectivity index (χ4v) is 1.95. The number of hydrogen-bond acceptors (Lipinski definition) is 3. The molecule has 21 heavy (non-hydrogen) atoms. The summed E-state index contributed by atoms with van der Waals surface area (Å²) < 4.78 is 1.35. The highest BCUT2D eigenvalue weighted by Gasteiger charge is 2.07. The van der Waals surface area contributed by atoms with Crippen LogP contribution in [0, 0.1) is 6.92 Å². The second-order valence-electron chi connectivity index (χ2n) is 4.86. The number of aromatic nitrogens is 1. The molecular formula is C16H16N2O3. The molecule has 1 amide bonds. The first-order chi connectivity index (χ1) is 9.95. The third kappa shape index (κ3) is 3.89. The molecule has 0 aliphatic rings. The van der Waals surface area contributed by atoms with Crippen molar-refractivity contribution in [1.29, 1.82) is 0 Å². The maximum atomic E-state index is 12.0. The molecule has 5 nitrogen and oxygen atoms in total. The Morgan fingerprint density at radius 2 is 1.95 bits per heavy atom. The van der Waals surface area contributed by atoms with Gasteiger partial charge in [0, 0.05) is 23.5 Å². The van der Waals surface area contributed by atoms with Crippen molar-refractivity contribution in [1.82, 2.24) is 4.57 Å². The number of ketones is 1. The smallest absolute Gasteiger partial charge is 0.251 e. The molecule has 1 heterocycles. The van der Waals surface area contributed by atoms with Gasteiger partial charge in [-0.2, -0.15) is 0 Å². The van der Waals surface area contributed by atoms with E-state index in [2.05, 4.69) is 5.32 Å². The largest absolute Gasteiger partial charge is 0.325 e. The molecule has 2 aromatic rings. The molecule has 1 N–H and O–H groups in total. The van der Waals surface area contributed by atoms with Crippen molar-refractivity contribution in [2.24, 2.45) is 0 Å². The van der Waals surface area contributed by atoms with Gasteiger partial charge >= 0.3 is 0 Å². The van der Waals surface area contributed by atoms with Crippen molar-refractivity contribution in [3.8, 4) is 0 Å². The lowest BCUT2D eigenvalue weighted by atomic mass is 10.1. The summed E-state index contributed by atoms with van der Waals surface area (Å²) in [5.41, 5.74) is 1.74. The van der Waals surface area contributed by atoms with Crippen LogP contribution < -0.4 is 10.9 Å². The lowest BCUT2D eigenvalue weighted by molar-refractivity contribution is -0.116. The average Bonchev–Trinajstić information content (AvgIpc) is 2.43. The maximum absolute atomic E-state index is 12.0. The minimum Gasteiger partial charge on any atom is -0.325 e. The molecule has 5 heteroatoms. The third-order valence-electron chi connectivity index (χ3n) is 3.00. The van der Waals surface area contributed by atoms with Crippen LogP contribution in [0.4, 0.5) is 5.69 Å². The van der Waals surface area contributed by atoms with Crippen molar-refractivity contribution >= 4 is 17.4 Å². The Kier molecular flexibility index (Phi) is 4.33. The second-order valence-corrected chi connectivity index (χ2v) is 4.86. The Hall–Kier alpha value is -2.69. The van der Waals surface area contributed by atoms with Crippen molar-refractivity contribution in [2.45, 2.75) is 20.4 Å². The van der Waals surface area contributed by atoms with Gasteiger partial charge in [0.15, 0.2) is 5.78 Å². The number of rotatable bonds is 4. The van der Waals surface area contributed by atoms with E-state index in [1.165, 1.54) is 17.6 Å². The number of anilines is 1. The standard InChI is InChI=1S/C16H16N2O3/c1-11-6-7-16(21)18(9-11)10-15(20)17-14-5-3-4-13(8-14)12(2)19/h3-9H,10H2,1-2H3,(H,17,20). The van der Waals surface area contributed by atoms with Crippen molar-refractivity contribution < 1.29 is 9.59 Å². The number of nitrogens with zero attached hydrogens (tertiary/aromatic N) is 1. The number of nitrogens with one attached hydrogen (secondary N) is 1. The second kappa shape index (κ2) is 6.17. The molecule has 1 aromatic carbocycles. The van der Waals surface area contributed by atoms with E-state index in [0.29, 0.717) is 11.3 Å². The highest BCUT2D eigenvalue weighted by atomic mass is 16.2. The molecule has 0 saturated heterocycles. The molecule has 0 bridgehead atoms. The summed E-state index contributed by atoms with van der Waals surface area (Å²) >= 11 is 0. The summed E-state index contributed by atoms with van der Waals surface area (Å²) in [6.45, 7) is 3.25. The van der Waals surface area contributed by atoms with Crippen LogP contribution in [0.25, 0.3) is 0 Å². The number of carbonyl (C=O) groups excluding carboxylic acids is 2. The Bertz CT molecular complexity index is 747. The average molecular weight is 284 g/mol. The van der Waals surface area contributed by atoms with E-state index < -0.39 is 0 Å². The molecule has 0 fully saturated rings. The number of carbonyl (C=O) groups is 2. The van der Waals surface area contributed by atoms with E-state index in [-0.39, 0.29) is 23.8 Å². The van der Waals surface area contributed by atoms with E-state index >= 15 is 0 Å². The molecule has 1 aromatic heterocycles. The summed E-state index contributed by atoms with van der Waals surface area (Å²) in [4.78, 5) is 34.9. The number of benzene rings is 1.